The van der Waals surface area contributed by atoms with E-state index in [0.29, 0.717) is 5.56 Å². The predicted molar refractivity (Wildman–Crippen MR) is 87.9 cm³/mol. The highest BCUT2D eigenvalue weighted by atomic mass is 16.6. The summed E-state index contributed by atoms with van der Waals surface area (Å²) in [6.45, 7) is 0.251. The molecular formula is C19H18N2O2. The molecular weight excluding hydrogens is 288 g/mol. The van der Waals surface area contributed by atoms with E-state index in [1.807, 2.05) is 36.4 Å². The maximum Gasteiger partial charge on any atom is 0.414 e. The average molecular weight is 306 g/mol. The average Bonchev–Trinajstić information content (AvgIpc) is 2.56. The van der Waals surface area contributed by atoms with Gasteiger partial charge in [-0.05, 0) is 43.0 Å². The van der Waals surface area contributed by atoms with Crippen LogP contribution in [0.2, 0.25) is 0 Å². The second-order valence-electron chi connectivity index (χ2n) is 5.66. The van der Waals surface area contributed by atoms with Crippen LogP contribution in [0.15, 0.2) is 54.6 Å². The lowest BCUT2D eigenvalue weighted by atomic mass is 9.91. The Bertz CT molecular complexity index is 718. The summed E-state index contributed by atoms with van der Waals surface area (Å²) in [5.74, 6) is 0. The maximum absolute atomic E-state index is 12.6. The lowest BCUT2D eigenvalue weighted by Crippen LogP contribution is -2.44. The zero-order valence-corrected chi connectivity index (χ0v) is 12.8. The van der Waals surface area contributed by atoms with E-state index in [0.717, 1.165) is 30.5 Å². The van der Waals surface area contributed by atoms with Crippen molar-refractivity contribution in [1.82, 2.24) is 0 Å². The van der Waals surface area contributed by atoms with Gasteiger partial charge >= 0.3 is 6.09 Å². The number of hydrogen-bond donors (Lipinski definition) is 0. The van der Waals surface area contributed by atoms with Gasteiger partial charge in [-0.2, -0.15) is 5.26 Å². The molecule has 0 bridgehead atoms. The summed E-state index contributed by atoms with van der Waals surface area (Å²) in [5.41, 5.74) is 2.23. The molecule has 1 fully saturated rings. The van der Waals surface area contributed by atoms with Crippen LogP contribution in [0.1, 0.15) is 30.4 Å². The number of ether oxygens (including phenoxy) is 1. The number of nitriles is 1. The molecule has 0 N–H and O–H groups in total. The number of carbonyl (C=O) groups excluding carboxylic acids is 1. The third kappa shape index (κ3) is 3.51. The smallest absolute Gasteiger partial charge is 0.414 e. The highest BCUT2D eigenvalue weighted by Gasteiger charge is 2.31. The van der Waals surface area contributed by atoms with E-state index < -0.39 is 0 Å². The van der Waals surface area contributed by atoms with Crippen molar-refractivity contribution < 1.29 is 9.53 Å². The summed E-state index contributed by atoms with van der Waals surface area (Å²) in [7, 11) is 0. The molecule has 2 aromatic rings. The Balaban J connectivity index is 1.76. The molecule has 116 valence electrons. The van der Waals surface area contributed by atoms with Crippen LogP contribution in [0.3, 0.4) is 0 Å². The molecule has 4 heteroatoms. The number of benzene rings is 2. The highest BCUT2D eigenvalue weighted by molar-refractivity contribution is 5.88. The van der Waals surface area contributed by atoms with Gasteiger partial charge in [-0.3, -0.25) is 4.90 Å². The van der Waals surface area contributed by atoms with Gasteiger partial charge in [0.25, 0.3) is 0 Å². The summed E-state index contributed by atoms with van der Waals surface area (Å²) in [6, 6.07) is 19.0. The van der Waals surface area contributed by atoms with E-state index in [9.17, 15) is 4.79 Å². The fourth-order valence-electron chi connectivity index (χ4n) is 2.62. The molecule has 0 saturated heterocycles. The first kappa shape index (κ1) is 15.1. The number of anilines is 1. The lowest BCUT2D eigenvalue weighted by molar-refractivity contribution is 0.141. The van der Waals surface area contributed by atoms with Gasteiger partial charge in [-0.15, -0.1) is 0 Å². The van der Waals surface area contributed by atoms with Gasteiger partial charge in [-0.1, -0.05) is 36.4 Å². The first-order valence-electron chi connectivity index (χ1n) is 7.78. The van der Waals surface area contributed by atoms with E-state index in [2.05, 4.69) is 6.07 Å². The van der Waals surface area contributed by atoms with E-state index >= 15 is 0 Å². The molecule has 0 heterocycles. The van der Waals surface area contributed by atoms with E-state index in [4.69, 9.17) is 10.00 Å². The predicted octanol–water partition coefficient (Wildman–Crippen LogP) is 4.25. The minimum Gasteiger partial charge on any atom is -0.444 e. The van der Waals surface area contributed by atoms with Crippen molar-refractivity contribution in [2.45, 2.75) is 31.9 Å². The van der Waals surface area contributed by atoms with Crippen LogP contribution < -0.4 is 4.90 Å². The molecule has 0 spiro atoms. The Hall–Kier alpha value is -2.80. The van der Waals surface area contributed by atoms with Crippen LogP contribution in [0, 0.1) is 11.3 Å². The summed E-state index contributed by atoms with van der Waals surface area (Å²) in [4.78, 5) is 14.3. The summed E-state index contributed by atoms with van der Waals surface area (Å²) in [5, 5.41) is 9.06. The van der Waals surface area contributed by atoms with Crippen molar-refractivity contribution >= 4 is 11.8 Å². The van der Waals surface area contributed by atoms with Crippen molar-refractivity contribution in [1.29, 1.82) is 5.26 Å². The Morgan fingerprint density at radius 3 is 2.61 bits per heavy atom. The molecule has 0 aliphatic heterocycles. The summed E-state index contributed by atoms with van der Waals surface area (Å²) in [6.07, 6.45) is 2.70. The highest BCUT2D eigenvalue weighted by Crippen LogP contribution is 2.30. The molecule has 2 aromatic carbocycles. The molecule has 1 aliphatic rings. The first-order chi connectivity index (χ1) is 11.3. The molecule has 3 rings (SSSR count). The van der Waals surface area contributed by atoms with Gasteiger partial charge < -0.3 is 4.74 Å². The molecule has 0 unspecified atom stereocenters. The van der Waals surface area contributed by atoms with Crippen LogP contribution in [-0.4, -0.2) is 12.1 Å². The van der Waals surface area contributed by atoms with Gasteiger partial charge in [0, 0.05) is 11.7 Å². The Morgan fingerprint density at radius 1 is 1.17 bits per heavy atom. The second kappa shape index (κ2) is 6.97. The minimum absolute atomic E-state index is 0.159. The maximum atomic E-state index is 12.6. The monoisotopic (exact) mass is 306 g/mol. The quantitative estimate of drug-likeness (QED) is 0.848. The summed E-state index contributed by atoms with van der Waals surface area (Å²) < 4.78 is 5.48. The largest absolute Gasteiger partial charge is 0.444 e. The fraction of sp³-hybridized carbons (Fsp3) is 0.263. The zero-order valence-electron chi connectivity index (χ0n) is 12.8. The number of nitrogens with zero attached hydrogens (tertiary/aromatic N) is 2. The van der Waals surface area contributed by atoms with Gasteiger partial charge in [0.2, 0.25) is 0 Å². The first-order valence-corrected chi connectivity index (χ1v) is 7.78. The number of hydrogen-bond acceptors (Lipinski definition) is 3. The van der Waals surface area contributed by atoms with Crippen molar-refractivity contribution in [3.05, 3.63) is 65.7 Å². The van der Waals surface area contributed by atoms with Crippen molar-refractivity contribution in [3.8, 4) is 6.07 Å². The van der Waals surface area contributed by atoms with Crippen LogP contribution in [0.4, 0.5) is 10.5 Å². The van der Waals surface area contributed by atoms with Crippen LogP contribution in [0.5, 0.6) is 0 Å². The minimum atomic E-state index is -0.353. The molecule has 0 radical (unpaired) electrons. The van der Waals surface area contributed by atoms with E-state index in [-0.39, 0.29) is 18.7 Å². The van der Waals surface area contributed by atoms with E-state index in [1.165, 1.54) is 0 Å². The number of rotatable bonds is 4. The molecule has 1 saturated carbocycles. The Labute approximate surface area is 135 Å². The van der Waals surface area contributed by atoms with Crippen LogP contribution >= 0.6 is 0 Å². The molecule has 1 aliphatic carbocycles. The molecule has 23 heavy (non-hydrogen) atoms. The number of carbonyl (C=O) groups is 1. The fourth-order valence-corrected chi connectivity index (χ4v) is 2.62. The summed E-state index contributed by atoms with van der Waals surface area (Å²) >= 11 is 0. The SMILES string of the molecule is N#Cc1cccc(N(C(=O)OCc2ccccc2)C2CCC2)c1. The van der Waals surface area contributed by atoms with Crippen molar-refractivity contribution in [2.24, 2.45) is 0 Å². The number of amides is 1. The standard InChI is InChI=1S/C19H18N2O2/c20-13-16-8-4-11-18(12-16)21(17-9-5-10-17)19(22)23-14-15-6-2-1-3-7-15/h1-4,6-8,11-12,17H,5,9-10,14H2. The van der Waals surface area contributed by atoms with Gasteiger partial charge in [0.05, 0.1) is 11.6 Å². The molecule has 0 atom stereocenters. The van der Waals surface area contributed by atoms with Gasteiger partial charge in [0.1, 0.15) is 6.61 Å². The Morgan fingerprint density at radius 2 is 1.96 bits per heavy atom. The topological polar surface area (TPSA) is 53.3 Å². The molecule has 4 nitrogen and oxygen atoms in total. The zero-order chi connectivity index (χ0) is 16.1. The third-order valence-electron chi connectivity index (χ3n) is 4.10. The normalized spacial score (nSPS) is 13.7. The van der Waals surface area contributed by atoms with Crippen LogP contribution in [-0.2, 0) is 11.3 Å². The third-order valence-corrected chi connectivity index (χ3v) is 4.10. The van der Waals surface area contributed by atoms with Crippen LogP contribution in [0.25, 0.3) is 0 Å². The molecule has 0 aromatic heterocycles. The molecule has 1 amide bonds. The van der Waals surface area contributed by atoms with Crippen molar-refractivity contribution in [3.63, 3.8) is 0 Å². The Kier molecular flexibility index (Phi) is 4.58. The van der Waals surface area contributed by atoms with Gasteiger partial charge in [0.15, 0.2) is 0 Å². The van der Waals surface area contributed by atoms with E-state index in [1.54, 1.807) is 23.1 Å². The second-order valence-corrected chi connectivity index (χ2v) is 5.66. The van der Waals surface area contributed by atoms with Crippen molar-refractivity contribution in [2.75, 3.05) is 4.90 Å². The lowest BCUT2D eigenvalue weighted by Gasteiger charge is -2.36. The van der Waals surface area contributed by atoms with Gasteiger partial charge in [-0.25, -0.2) is 4.79 Å².